The van der Waals surface area contributed by atoms with Gasteiger partial charge < -0.3 is 10.8 Å². The fourth-order valence-corrected chi connectivity index (χ4v) is 2.81. The molecule has 1 unspecified atom stereocenters. The predicted molar refractivity (Wildman–Crippen MR) is 76.5 cm³/mol. The molecule has 19 heavy (non-hydrogen) atoms. The molecule has 0 fully saturated rings. The van der Waals surface area contributed by atoms with Gasteiger partial charge in [-0.05, 0) is 23.8 Å². The molecule has 2 nitrogen and oxygen atoms in total. The predicted octanol–water partition coefficient (Wildman–Crippen LogP) is 2.76. The van der Waals surface area contributed by atoms with Crippen LogP contribution in [0, 0.1) is 5.82 Å². The number of aliphatic hydroxyl groups is 1. The molecule has 3 N–H and O–H groups in total. The molecule has 0 radical (unpaired) electrons. The minimum atomic E-state index is -0.821. The summed E-state index contributed by atoms with van der Waals surface area (Å²) in [6, 6.07) is 15.8. The SMILES string of the molecule is NC(CO)(CSc1cccc(F)c1)c1ccccc1. The number of thioether (sulfide) groups is 1. The second kappa shape index (κ2) is 6.19. The number of aliphatic hydroxyl groups excluding tert-OH is 1. The first-order valence-electron chi connectivity index (χ1n) is 5.98. The summed E-state index contributed by atoms with van der Waals surface area (Å²) in [4.78, 5) is 0.805. The van der Waals surface area contributed by atoms with Gasteiger partial charge in [-0.25, -0.2) is 4.39 Å². The van der Waals surface area contributed by atoms with Crippen LogP contribution in [0.4, 0.5) is 4.39 Å². The molecule has 0 aromatic heterocycles. The first kappa shape index (κ1) is 14.1. The van der Waals surface area contributed by atoms with Crippen LogP contribution in [0.1, 0.15) is 5.56 Å². The van der Waals surface area contributed by atoms with Crippen LogP contribution in [0.3, 0.4) is 0 Å². The van der Waals surface area contributed by atoms with Crippen molar-refractivity contribution in [2.45, 2.75) is 10.4 Å². The summed E-state index contributed by atoms with van der Waals surface area (Å²) in [5.41, 5.74) is 6.30. The van der Waals surface area contributed by atoms with Crippen molar-refractivity contribution >= 4 is 11.8 Å². The third-order valence-electron chi connectivity index (χ3n) is 2.92. The quantitative estimate of drug-likeness (QED) is 0.826. The van der Waals surface area contributed by atoms with Crippen molar-refractivity contribution in [1.29, 1.82) is 0 Å². The molecular formula is C15H16FNOS. The number of benzene rings is 2. The minimum absolute atomic E-state index is 0.153. The Morgan fingerprint density at radius 1 is 1.11 bits per heavy atom. The van der Waals surface area contributed by atoms with Gasteiger partial charge in [-0.2, -0.15) is 0 Å². The summed E-state index contributed by atoms with van der Waals surface area (Å²) >= 11 is 1.44. The second-order valence-corrected chi connectivity index (χ2v) is 5.48. The van der Waals surface area contributed by atoms with E-state index in [1.54, 1.807) is 6.07 Å². The molecule has 0 saturated heterocycles. The fraction of sp³-hybridized carbons (Fsp3) is 0.200. The Morgan fingerprint density at radius 2 is 1.84 bits per heavy atom. The van der Waals surface area contributed by atoms with Gasteiger partial charge in [0.05, 0.1) is 12.1 Å². The lowest BCUT2D eigenvalue weighted by molar-refractivity contribution is 0.213. The van der Waals surface area contributed by atoms with E-state index in [0.717, 1.165) is 10.5 Å². The molecule has 0 bridgehead atoms. The largest absolute Gasteiger partial charge is 0.394 e. The van der Waals surface area contributed by atoms with E-state index in [4.69, 9.17) is 5.73 Å². The zero-order valence-corrected chi connectivity index (χ0v) is 11.2. The molecule has 2 rings (SSSR count). The molecule has 0 aliphatic carbocycles. The van der Waals surface area contributed by atoms with Crippen LogP contribution in [0.25, 0.3) is 0 Å². The zero-order valence-electron chi connectivity index (χ0n) is 10.4. The van der Waals surface area contributed by atoms with Gasteiger partial charge in [0.2, 0.25) is 0 Å². The zero-order chi connectivity index (χ0) is 13.7. The third kappa shape index (κ3) is 3.56. The van der Waals surface area contributed by atoms with Gasteiger partial charge in [0.1, 0.15) is 5.82 Å². The molecule has 0 amide bonds. The lowest BCUT2D eigenvalue weighted by Gasteiger charge is -2.27. The van der Waals surface area contributed by atoms with Crippen LogP contribution in [-0.2, 0) is 5.54 Å². The fourth-order valence-electron chi connectivity index (χ4n) is 1.76. The number of hydrogen-bond donors (Lipinski definition) is 2. The molecule has 0 aliphatic heterocycles. The molecule has 4 heteroatoms. The third-order valence-corrected chi connectivity index (χ3v) is 4.17. The summed E-state index contributed by atoms with van der Waals surface area (Å²) in [6.45, 7) is -0.153. The summed E-state index contributed by atoms with van der Waals surface area (Å²) in [5, 5.41) is 9.56. The van der Waals surface area contributed by atoms with Gasteiger partial charge in [0.25, 0.3) is 0 Å². The maximum Gasteiger partial charge on any atom is 0.124 e. The highest BCUT2D eigenvalue weighted by Crippen LogP contribution is 2.27. The van der Waals surface area contributed by atoms with Gasteiger partial charge in [-0.1, -0.05) is 36.4 Å². The summed E-state index contributed by atoms with van der Waals surface area (Å²) in [7, 11) is 0. The Hall–Kier alpha value is -1.36. The van der Waals surface area contributed by atoms with Crippen LogP contribution in [-0.4, -0.2) is 17.5 Å². The monoisotopic (exact) mass is 277 g/mol. The van der Waals surface area contributed by atoms with E-state index in [-0.39, 0.29) is 12.4 Å². The summed E-state index contributed by atoms with van der Waals surface area (Å²) < 4.78 is 13.1. The maximum atomic E-state index is 13.1. The Kier molecular flexibility index (Phi) is 4.58. The van der Waals surface area contributed by atoms with Crippen LogP contribution in [0.15, 0.2) is 59.5 Å². The van der Waals surface area contributed by atoms with Crippen LogP contribution in [0.2, 0.25) is 0 Å². The van der Waals surface area contributed by atoms with Crippen LogP contribution in [0.5, 0.6) is 0 Å². The molecule has 100 valence electrons. The van der Waals surface area contributed by atoms with Crippen molar-refractivity contribution in [2.24, 2.45) is 5.73 Å². The highest BCUT2D eigenvalue weighted by atomic mass is 32.2. The lowest BCUT2D eigenvalue weighted by Crippen LogP contribution is -2.43. The summed E-state index contributed by atoms with van der Waals surface area (Å²) in [6.07, 6.45) is 0. The molecule has 0 aliphatic rings. The summed E-state index contributed by atoms with van der Waals surface area (Å²) in [5.74, 6) is 0.216. The van der Waals surface area contributed by atoms with Crippen LogP contribution < -0.4 is 5.73 Å². The van der Waals surface area contributed by atoms with Gasteiger partial charge in [0.15, 0.2) is 0 Å². The average Bonchev–Trinajstić information content (AvgIpc) is 2.46. The van der Waals surface area contributed by atoms with E-state index < -0.39 is 5.54 Å². The average molecular weight is 277 g/mol. The Balaban J connectivity index is 2.11. The first-order chi connectivity index (χ1) is 9.14. The van der Waals surface area contributed by atoms with Gasteiger partial charge >= 0.3 is 0 Å². The highest BCUT2D eigenvalue weighted by Gasteiger charge is 2.26. The second-order valence-electron chi connectivity index (χ2n) is 4.43. The van der Waals surface area contributed by atoms with Crippen molar-refractivity contribution in [3.05, 3.63) is 66.0 Å². The number of nitrogens with two attached hydrogens (primary N) is 1. The maximum absolute atomic E-state index is 13.1. The molecule has 2 aromatic rings. The van der Waals surface area contributed by atoms with E-state index in [0.29, 0.717) is 5.75 Å². The minimum Gasteiger partial charge on any atom is -0.394 e. The van der Waals surface area contributed by atoms with Gasteiger partial charge in [0, 0.05) is 10.6 Å². The lowest BCUT2D eigenvalue weighted by atomic mass is 9.94. The smallest absolute Gasteiger partial charge is 0.124 e. The Morgan fingerprint density at radius 3 is 2.47 bits per heavy atom. The van der Waals surface area contributed by atoms with E-state index in [1.807, 2.05) is 36.4 Å². The standard InChI is InChI=1S/C15H16FNOS/c16-13-7-4-8-14(9-13)19-11-15(17,10-18)12-5-2-1-3-6-12/h1-9,18H,10-11,17H2. The van der Waals surface area contributed by atoms with Crippen molar-refractivity contribution < 1.29 is 9.50 Å². The van der Waals surface area contributed by atoms with E-state index in [1.165, 1.54) is 23.9 Å². The Bertz CT molecular complexity index is 535. The van der Waals surface area contributed by atoms with Gasteiger partial charge in [-0.15, -0.1) is 11.8 Å². The normalized spacial score (nSPS) is 14.1. The van der Waals surface area contributed by atoms with Crippen molar-refractivity contribution in [1.82, 2.24) is 0 Å². The van der Waals surface area contributed by atoms with Crippen molar-refractivity contribution in [3.63, 3.8) is 0 Å². The van der Waals surface area contributed by atoms with E-state index in [9.17, 15) is 9.50 Å². The molecule has 0 spiro atoms. The van der Waals surface area contributed by atoms with Crippen LogP contribution >= 0.6 is 11.8 Å². The number of hydrogen-bond acceptors (Lipinski definition) is 3. The van der Waals surface area contributed by atoms with E-state index in [2.05, 4.69) is 0 Å². The number of halogens is 1. The molecule has 1 atom stereocenters. The first-order valence-corrected chi connectivity index (χ1v) is 6.96. The molecule has 2 aromatic carbocycles. The highest BCUT2D eigenvalue weighted by molar-refractivity contribution is 7.99. The van der Waals surface area contributed by atoms with Crippen molar-refractivity contribution in [3.8, 4) is 0 Å². The number of rotatable bonds is 5. The van der Waals surface area contributed by atoms with E-state index >= 15 is 0 Å². The van der Waals surface area contributed by atoms with Gasteiger partial charge in [-0.3, -0.25) is 0 Å². The van der Waals surface area contributed by atoms with Crippen molar-refractivity contribution in [2.75, 3.05) is 12.4 Å². The topological polar surface area (TPSA) is 46.2 Å². The molecule has 0 saturated carbocycles. The Labute approximate surface area is 116 Å². The molecule has 0 heterocycles. The molecular weight excluding hydrogens is 261 g/mol.